The van der Waals surface area contributed by atoms with Crippen LogP contribution in [0.1, 0.15) is 11.3 Å². The van der Waals surface area contributed by atoms with Crippen LogP contribution in [0.25, 0.3) is 17.4 Å². The SMILES string of the molecule is O=C1C(=Cc2ccc(-c3ccc([N+](=O)[O-])cc3Br)o2)SC(=S)N1Cc1ccccc1. The van der Waals surface area contributed by atoms with Gasteiger partial charge in [0.15, 0.2) is 0 Å². The van der Waals surface area contributed by atoms with Gasteiger partial charge >= 0.3 is 0 Å². The number of hydrogen-bond donors (Lipinski definition) is 0. The van der Waals surface area contributed by atoms with E-state index in [1.54, 1.807) is 29.2 Å². The van der Waals surface area contributed by atoms with E-state index in [-0.39, 0.29) is 11.6 Å². The smallest absolute Gasteiger partial charge is 0.270 e. The normalized spacial score (nSPS) is 15.2. The van der Waals surface area contributed by atoms with Gasteiger partial charge in [-0.2, -0.15) is 0 Å². The van der Waals surface area contributed by atoms with Gasteiger partial charge in [-0.3, -0.25) is 19.8 Å². The maximum Gasteiger partial charge on any atom is 0.270 e. The highest BCUT2D eigenvalue weighted by molar-refractivity contribution is 9.10. The first kappa shape index (κ1) is 20.5. The zero-order valence-electron chi connectivity index (χ0n) is 15.3. The first-order valence-electron chi connectivity index (χ1n) is 8.76. The van der Waals surface area contributed by atoms with Crippen molar-refractivity contribution < 1.29 is 14.1 Å². The topological polar surface area (TPSA) is 76.6 Å². The van der Waals surface area contributed by atoms with E-state index in [1.165, 1.54) is 23.9 Å². The number of nitro benzene ring substituents is 1. The van der Waals surface area contributed by atoms with E-state index in [1.807, 2.05) is 30.3 Å². The summed E-state index contributed by atoms with van der Waals surface area (Å²) in [5.74, 6) is 0.863. The third-order valence-electron chi connectivity index (χ3n) is 4.39. The predicted octanol–water partition coefficient (Wildman–Crippen LogP) is 6.02. The highest BCUT2D eigenvalue weighted by Gasteiger charge is 2.32. The highest BCUT2D eigenvalue weighted by Crippen LogP contribution is 2.36. The Kier molecular flexibility index (Phi) is 5.85. The predicted molar refractivity (Wildman–Crippen MR) is 124 cm³/mol. The summed E-state index contributed by atoms with van der Waals surface area (Å²) in [5, 5.41) is 10.9. The number of rotatable bonds is 5. The van der Waals surface area contributed by atoms with Crippen molar-refractivity contribution in [2.45, 2.75) is 6.54 Å². The highest BCUT2D eigenvalue weighted by atomic mass is 79.9. The minimum absolute atomic E-state index is 0.0144. The van der Waals surface area contributed by atoms with Crippen LogP contribution >= 0.6 is 39.9 Å². The molecule has 150 valence electrons. The van der Waals surface area contributed by atoms with Gasteiger partial charge in [-0.15, -0.1) is 0 Å². The molecule has 0 atom stereocenters. The fourth-order valence-electron chi connectivity index (χ4n) is 2.92. The molecular formula is C21H13BrN2O4S2. The van der Waals surface area contributed by atoms with E-state index in [4.69, 9.17) is 16.6 Å². The van der Waals surface area contributed by atoms with Gasteiger partial charge in [-0.1, -0.05) is 54.3 Å². The first-order valence-corrected chi connectivity index (χ1v) is 10.8. The number of hydrogen-bond acceptors (Lipinski definition) is 6. The number of non-ortho nitro benzene ring substituents is 1. The molecule has 0 aliphatic carbocycles. The van der Waals surface area contributed by atoms with Gasteiger partial charge in [-0.25, -0.2) is 0 Å². The van der Waals surface area contributed by atoms with Crippen LogP contribution in [0, 0.1) is 10.1 Å². The monoisotopic (exact) mass is 500 g/mol. The van der Waals surface area contributed by atoms with E-state index in [0.717, 1.165) is 5.56 Å². The van der Waals surface area contributed by atoms with Gasteiger partial charge in [0.2, 0.25) is 0 Å². The summed E-state index contributed by atoms with van der Waals surface area (Å²) < 4.78 is 6.89. The molecule has 1 saturated heterocycles. The van der Waals surface area contributed by atoms with Crippen LogP contribution in [-0.2, 0) is 11.3 Å². The zero-order valence-corrected chi connectivity index (χ0v) is 18.5. The average Bonchev–Trinajstić information content (AvgIpc) is 3.29. The number of carbonyl (C=O) groups excluding carboxylic acids is 1. The molecule has 4 rings (SSSR count). The van der Waals surface area contributed by atoms with Crippen LogP contribution in [0.4, 0.5) is 5.69 Å². The molecule has 2 aromatic carbocycles. The summed E-state index contributed by atoms with van der Waals surface area (Å²) >= 11 is 9.96. The first-order chi connectivity index (χ1) is 14.4. The largest absolute Gasteiger partial charge is 0.457 e. The van der Waals surface area contributed by atoms with Crippen molar-refractivity contribution in [1.29, 1.82) is 0 Å². The number of amides is 1. The molecule has 0 bridgehead atoms. The number of nitrogens with zero attached hydrogens (tertiary/aromatic N) is 2. The molecule has 3 aromatic rings. The molecule has 0 saturated carbocycles. The van der Waals surface area contributed by atoms with Gasteiger partial charge in [0.05, 0.1) is 16.4 Å². The lowest BCUT2D eigenvalue weighted by atomic mass is 10.1. The van der Waals surface area contributed by atoms with E-state index in [2.05, 4.69) is 15.9 Å². The van der Waals surface area contributed by atoms with Gasteiger partial charge < -0.3 is 4.42 Å². The Hall–Kier alpha value is -2.75. The van der Waals surface area contributed by atoms with Crippen LogP contribution in [0.3, 0.4) is 0 Å². The molecule has 0 unspecified atom stereocenters. The number of thioether (sulfide) groups is 1. The Labute approximate surface area is 189 Å². The molecule has 1 aromatic heterocycles. The van der Waals surface area contributed by atoms with Crippen molar-refractivity contribution in [2.75, 3.05) is 0 Å². The molecule has 1 aliphatic rings. The molecular weight excluding hydrogens is 488 g/mol. The summed E-state index contributed by atoms with van der Waals surface area (Å²) in [4.78, 5) is 25.3. The molecule has 0 radical (unpaired) electrons. The number of carbonyl (C=O) groups is 1. The van der Waals surface area contributed by atoms with Crippen LogP contribution in [0.5, 0.6) is 0 Å². The summed E-state index contributed by atoms with van der Waals surface area (Å²) in [7, 11) is 0. The van der Waals surface area contributed by atoms with Gasteiger partial charge in [0.1, 0.15) is 15.8 Å². The molecule has 6 nitrogen and oxygen atoms in total. The maximum absolute atomic E-state index is 12.8. The second-order valence-electron chi connectivity index (χ2n) is 6.38. The third-order valence-corrected chi connectivity index (χ3v) is 6.42. The summed E-state index contributed by atoms with van der Waals surface area (Å²) in [6.07, 6.45) is 1.66. The lowest BCUT2D eigenvalue weighted by Crippen LogP contribution is -2.27. The molecule has 1 aliphatic heterocycles. The van der Waals surface area contributed by atoms with E-state index in [9.17, 15) is 14.9 Å². The summed E-state index contributed by atoms with van der Waals surface area (Å²) in [5.41, 5.74) is 1.66. The molecule has 0 spiro atoms. The number of thiocarbonyl (C=S) groups is 1. The lowest BCUT2D eigenvalue weighted by molar-refractivity contribution is -0.384. The Morgan fingerprint density at radius 1 is 1.17 bits per heavy atom. The van der Waals surface area contributed by atoms with Crippen molar-refractivity contribution in [3.63, 3.8) is 0 Å². The lowest BCUT2D eigenvalue weighted by Gasteiger charge is -2.14. The quantitative estimate of drug-likeness (QED) is 0.184. The Bertz CT molecular complexity index is 1190. The molecule has 30 heavy (non-hydrogen) atoms. The van der Waals surface area contributed by atoms with E-state index >= 15 is 0 Å². The molecule has 2 heterocycles. The van der Waals surface area contributed by atoms with Crippen molar-refractivity contribution in [1.82, 2.24) is 4.90 Å². The van der Waals surface area contributed by atoms with E-state index in [0.29, 0.717) is 37.3 Å². The fraction of sp³-hybridized carbons (Fsp3) is 0.0476. The van der Waals surface area contributed by atoms with Crippen molar-refractivity contribution in [3.05, 3.63) is 91.5 Å². The van der Waals surface area contributed by atoms with Crippen molar-refractivity contribution >= 4 is 61.9 Å². The second kappa shape index (κ2) is 8.55. The van der Waals surface area contributed by atoms with E-state index < -0.39 is 4.92 Å². The molecule has 0 N–H and O–H groups in total. The Morgan fingerprint density at radius 3 is 2.63 bits per heavy atom. The second-order valence-corrected chi connectivity index (χ2v) is 8.91. The standard InChI is InChI=1S/C21H13BrN2O4S2/c22-17-10-14(24(26)27)6-8-16(17)18-9-7-15(28-18)11-19-20(25)23(21(29)30-19)12-13-4-2-1-3-5-13/h1-11H,12H2. The van der Waals surface area contributed by atoms with Crippen LogP contribution < -0.4 is 0 Å². The van der Waals surface area contributed by atoms with Crippen molar-refractivity contribution in [2.24, 2.45) is 0 Å². The number of furan rings is 1. The average molecular weight is 501 g/mol. The minimum Gasteiger partial charge on any atom is -0.457 e. The summed E-state index contributed by atoms with van der Waals surface area (Å²) in [6, 6.07) is 17.6. The minimum atomic E-state index is -0.459. The van der Waals surface area contributed by atoms with Crippen LogP contribution in [0.2, 0.25) is 0 Å². The van der Waals surface area contributed by atoms with Crippen molar-refractivity contribution in [3.8, 4) is 11.3 Å². The van der Waals surface area contributed by atoms with Gasteiger partial charge in [0.25, 0.3) is 11.6 Å². The number of nitro groups is 1. The number of halogens is 1. The molecule has 1 fully saturated rings. The van der Waals surface area contributed by atoms with Gasteiger partial charge in [0, 0.05) is 28.2 Å². The molecule has 9 heteroatoms. The Morgan fingerprint density at radius 2 is 1.93 bits per heavy atom. The number of benzene rings is 2. The van der Waals surface area contributed by atoms with Crippen LogP contribution in [-0.4, -0.2) is 20.1 Å². The fourth-order valence-corrected chi connectivity index (χ4v) is 4.72. The summed E-state index contributed by atoms with van der Waals surface area (Å²) in [6.45, 7) is 0.419. The van der Waals surface area contributed by atoms with Gasteiger partial charge in [-0.05, 0) is 39.7 Å². The maximum atomic E-state index is 12.8. The molecule has 1 amide bonds. The van der Waals surface area contributed by atoms with Crippen LogP contribution in [0.15, 0.2) is 74.5 Å². The zero-order chi connectivity index (χ0) is 21.3. The Balaban J connectivity index is 1.55. The third kappa shape index (κ3) is 4.23.